The maximum Gasteiger partial charge on any atom is 0.433 e. The van der Waals surface area contributed by atoms with Gasteiger partial charge < -0.3 is 24.8 Å². The Hall–Kier alpha value is -6.51. The zero-order valence-electron chi connectivity index (χ0n) is 39.5. The van der Waals surface area contributed by atoms with E-state index in [-0.39, 0.29) is 78.3 Å². The van der Waals surface area contributed by atoms with Crippen LogP contribution in [-0.2, 0) is 32.5 Å². The Bertz CT molecular complexity index is 3010. The predicted octanol–water partition coefficient (Wildman–Crippen LogP) is 7.88. The van der Waals surface area contributed by atoms with Gasteiger partial charge in [0.2, 0.25) is 17.7 Å². The zero-order chi connectivity index (χ0) is 50.3. The van der Waals surface area contributed by atoms with Gasteiger partial charge in [-0.25, -0.2) is 4.39 Å². The lowest BCUT2D eigenvalue weighted by atomic mass is 9.56. The minimum Gasteiger partial charge on any atom is -0.487 e. The van der Waals surface area contributed by atoms with Crippen LogP contribution >= 0.6 is 11.6 Å². The quantitative estimate of drug-likeness (QED) is 0.103. The second-order valence-electron chi connectivity index (χ2n) is 20.4. The molecule has 6 atom stereocenters. The molecule has 3 N–H and O–H groups in total. The first kappa shape index (κ1) is 47.8. The van der Waals surface area contributed by atoms with E-state index in [4.69, 9.17) is 16.3 Å². The van der Waals surface area contributed by atoms with Crippen LogP contribution in [0.1, 0.15) is 126 Å². The number of pyridine rings is 1. The van der Waals surface area contributed by atoms with Crippen molar-refractivity contribution in [2.24, 2.45) is 5.92 Å². The summed E-state index contributed by atoms with van der Waals surface area (Å²) in [5, 5.41) is 9.19. The Kier molecular flexibility index (Phi) is 12.1. The topological polar surface area (TPSA) is 153 Å². The summed E-state index contributed by atoms with van der Waals surface area (Å²) in [6.07, 6.45) is 2.30. The average molecular weight is 1010 g/mol. The van der Waals surface area contributed by atoms with E-state index in [1.54, 1.807) is 52.3 Å². The van der Waals surface area contributed by atoms with Crippen molar-refractivity contribution in [1.82, 2.24) is 25.4 Å². The number of fused-ring (bicyclic) bond motifs is 5. The van der Waals surface area contributed by atoms with Crippen molar-refractivity contribution in [1.29, 1.82) is 0 Å². The third kappa shape index (κ3) is 7.96. The summed E-state index contributed by atoms with van der Waals surface area (Å²) in [6, 6.07) is 14.3. The number of halogens is 5. The summed E-state index contributed by atoms with van der Waals surface area (Å²) in [5.41, 5.74) is 0.672. The van der Waals surface area contributed by atoms with Crippen LogP contribution < -0.4 is 25.6 Å². The van der Waals surface area contributed by atoms with E-state index < -0.39 is 58.7 Å². The van der Waals surface area contributed by atoms with E-state index in [1.807, 2.05) is 13.0 Å². The first-order chi connectivity index (χ1) is 34.6. The minimum atomic E-state index is -4.69. The second kappa shape index (κ2) is 18.2. The summed E-state index contributed by atoms with van der Waals surface area (Å²) in [4.78, 5) is 76.4. The highest BCUT2D eigenvalue weighted by Crippen LogP contribution is 2.62. The van der Waals surface area contributed by atoms with Gasteiger partial charge in [0.1, 0.15) is 29.4 Å². The van der Waals surface area contributed by atoms with Gasteiger partial charge in [-0.05, 0) is 98.5 Å². The second-order valence-corrected chi connectivity index (χ2v) is 20.8. The van der Waals surface area contributed by atoms with Gasteiger partial charge in [0.25, 0.3) is 11.8 Å². The first-order valence-electron chi connectivity index (χ1n) is 24.8. The van der Waals surface area contributed by atoms with Crippen molar-refractivity contribution in [3.8, 4) is 17.6 Å². The Balaban J connectivity index is 0.843. The van der Waals surface area contributed by atoms with Gasteiger partial charge in [0.15, 0.2) is 0 Å². The van der Waals surface area contributed by atoms with Crippen LogP contribution in [0, 0.1) is 23.6 Å². The molecule has 18 heteroatoms. The molecule has 1 aliphatic carbocycles. The number of carbonyl (C=O) groups excluding carboxylic acids is 5. The number of hydrogen-bond acceptors (Lipinski definition) is 9. The number of anilines is 2. The van der Waals surface area contributed by atoms with E-state index in [2.05, 4.69) is 32.8 Å². The maximum atomic E-state index is 16.6. The standard InChI is InChI=1S/C54H52ClF4N7O6/c1-30-26-65(51(71)47-45(35-14-7-15-38(55)46(35)56)53(52(63-47)20-3-2-4-21-52)29-61-39-24-43(54(57,58)59)60-25-37(39)53)40-17-16-33(23-42(40)72-30)49(69)64-22-8-10-31(27-64)9-5-11-32-12-6-13-34-36(32)28-66(50(34)70)41-18-19-44(67)62-48(41)68/h6-7,12-17,23-25,30-31,41,45,47,61,63H,2-4,8-10,18-22,26-29H2,1H3,(H,62,67,68)/t30-,31+,41+,45-,47+,53+/m0/s1. The summed E-state index contributed by atoms with van der Waals surface area (Å²) < 4.78 is 65.1. The number of nitrogens with one attached hydrogen (secondary N) is 3. The van der Waals surface area contributed by atoms with Crippen LogP contribution in [0.15, 0.2) is 66.9 Å². The van der Waals surface area contributed by atoms with Crippen molar-refractivity contribution in [2.75, 3.05) is 36.4 Å². The lowest BCUT2D eigenvalue weighted by Gasteiger charge is -2.48. The number of aromatic nitrogens is 1. The Morgan fingerprint density at radius 2 is 1.79 bits per heavy atom. The molecule has 4 aromatic rings. The normalized spacial score (nSPS) is 26.3. The molecule has 0 bridgehead atoms. The van der Waals surface area contributed by atoms with Gasteiger partial charge in [-0.15, -0.1) is 0 Å². The van der Waals surface area contributed by atoms with E-state index in [0.717, 1.165) is 43.7 Å². The number of nitrogens with zero attached hydrogens (tertiary/aromatic N) is 4. The Morgan fingerprint density at radius 1 is 0.986 bits per heavy atom. The van der Waals surface area contributed by atoms with Gasteiger partial charge in [-0.2, -0.15) is 13.2 Å². The van der Waals surface area contributed by atoms with Crippen LogP contribution in [0.5, 0.6) is 5.75 Å². The highest BCUT2D eigenvalue weighted by atomic mass is 35.5. The molecule has 1 aromatic heterocycles. The lowest BCUT2D eigenvalue weighted by molar-refractivity contribution is -0.141. The number of imide groups is 1. The van der Waals surface area contributed by atoms with Crippen LogP contribution in [0.2, 0.25) is 5.02 Å². The van der Waals surface area contributed by atoms with Crippen molar-refractivity contribution >= 4 is 52.5 Å². The van der Waals surface area contributed by atoms with Gasteiger partial charge in [-0.1, -0.05) is 60.9 Å². The monoisotopic (exact) mass is 1010 g/mol. The van der Waals surface area contributed by atoms with Crippen molar-refractivity contribution < 1.29 is 46.3 Å². The summed E-state index contributed by atoms with van der Waals surface area (Å²) in [7, 11) is 0. The number of amides is 5. The lowest BCUT2D eigenvalue weighted by Crippen LogP contribution is -2.58. The molecule has 4 fully saturated rings. The molecule has 7 heterocycles. The van der Waals surface area contributed by atoms with Crippen molar-refractivity contribution in [3.63, 3.8) is 0 Å². The van der Waals surface area contributed by atoms with Gasteiger partial charge in [-0.3, -0.25) is 39.6 Å². The number of alkyl halides is 3. The van der Waals surface area contributed by atoms with E-state index in [1.165, 1.54) is 17.2 Å². The Morgan fingerprint density at radius 3 is 2.58 bits per heavy atom. The van der Waals surface area contributed by atoms with E-state index in [0.29, 0.717) is 66.0 Å². The fourth-order valence-electron chi connectivity index (χ4n) is 12.9. The van der Waals surface area contributed by atoms with Gasteiger partial charge in [0, 0.05) is 90.0 Å². The summed E-state index contributed by atoms with van der Waals surface area (Å²) in [6.45, 7) is 3.32. The number of piperidine rings is 2. The predicted molar refractivity (Wildman–Crippen MR) is 258 cm³/mol. The van der Waals surface area contributed by atoms with Crippen LogP contribution in [-0.4, -0.2) is 94.2 Å². The van der Waals surface area contributed by atoms with Crippen molar-refractivity contribution in [2.45, 2.75) is 119 Å². The fourth-order valence-corrected chi connectivity index (χ4v) is 13.1. The zero-order valence-corrected chi connectivity index (χ0v) is 40.2. The van der Waals surface area contributed by atoms with Gasteiger partial charge >= 0.3 is 6.18 Å². The molecule has 13 nitrogen and oxygen atoms in total. The molecule has 3 saturated heterocycles. The molecule has 374 valence electrons. The molecule has 5 amide bonds. The van der Waals surface area contributed by atoms with E-state index >= 15 is 9.18 Å². The molecule has 7 aliphatic rings. The van der Waals surface area contributed by atoms with E-state index in [9.17, 15) is 32.3 Å². The number of ether oxygens (including phenoxy) is 1. The fraction of sp³-hybridized carbons (Fsp3) is 0.444. The maximum absolute atomic E-state index is 16.6. The number of hydrogen-bond donors (Lipinski definition) is 3. The molecule has 11 rings (SSSR count). The molecule has 72 heavy (non-hydrogen) atoms. The molecule has 0 unspecified atom stereocenters. The number of likely N-dealkylation sites (tertiary alicyclic amines) is 1. The number of benzene rings is 3. The number of carbonyl (C=O) groups is 5. The van der Waals surface area contributed by atoms with Crippen molar-refractivity contribution in [3.05, 3.63) is 117 Å². The highest BCUT2D eigenvalue weighted by Gasteiger charge is 2.69. The molecular weight excluding hydrogens is 954 g/mol. The highest BCUT2D eigenvalue weighted by molar-refractivity contribution is 6.30. The largest absolute Gasteiger partial charge is 0.487 e. The molecule has 2 spiro atoms. The smallest absolute Gasteiger partial charge is 0.433 e. The van der Waals surface area contributed by atoms with Crippen LogP contribution in [0.3, 0.4) is 0 Å². The summed E-state index contributed by atoms with van der Waals surface area (Å²) >= 11 is 6.48. The molecular formula is C54H52ClF4N7O6. The minimum absolute atomic E-state index is 0.0759. The Labute approximate surface area is 418 Å². The average Bonchev–Trinajstić information content (AvgIpc) is 4.01. The summed E-state index contributed by atoms with van der Waals surface area (Å²) in [5.74, 6) is 3.67. The van der Waals surface area contributed by atoms with Gasteiger partial charge in [0.05, 0.1) is 23.3 Å². The molecule has 1 saturated carbocycles. The molecule has 0 radical (unpaired) electrons. The van der Waals surface area contributed by atoms with Crippen LogP contribution in [0.4, 0.5) is 28.9 Å². The molecule has 3 aromatic carbocycles. The van der Waals surface area contributed by atoms with Crippen LogP contribution in [0.25, 0.3) is 0 Å². The third-order valence-corrected chi connectivity index (χ3v) is 16.5. The number of rotatable bonds is 5. The third-order valence-electron chi connectivity index (χ3n) is 16.2. The molecule has 6 aliphatic heterocycles. The SMILES string of the molecule is C[C@H]1CN(C(=O)[C@@H]2NC3(CCCCC3)[C@@]3(CNc4cc(C(F)(F)F)ncc43)[C@H]2c2cccc(Cl)c2F)c2ccc(C(=O)N3CCC[C@@H](CC#Cc4cccc5c4CN([C@@H]4CCC(=O)NC4=O)C5=O)C3)cc2O1. The first-order valence-corrected chi connectivity index (χ1v) is 25.1.